The minimum atomic E-state index is -0.0227. The molecule has 0 aliphatic heterocycles. The monoisotopic (exact) mass is 217 g/mol. The highest BCUT2D eigenvalue weighted by Crippen LogP contribution is 2.51. The van der Waals surface area contributed by atoms with E-state index in [4.69, 9.17) is 5.73 Å². The highest BCUT2D eigenvalue weighted by atomic mass is 14.9. The van der Waals surface area contributed by atoms with E-state index in [-0.39, 0.29) is 11.0 Å². The van der Waals surface area contributed by atoms with Crippen molar-refractivity contribution in [2.24, 2.45) is 11.7 Å². The van der Waals surface area contributed by atoms with Crippen LogP contribution in [0.4, 0.5) is 0 Å². The van der Waals surface area contributed by atoms with E-state index in [9.17, 15) is 0 Å². The Kier molecular flexibility index (Phi) is 2.62. The fourth-order valence-corrected chi connectivity index (χ4v) is 2.49. The molecule has 88 valence electrons. The maximum atomic E-state index is 6.38. The lowest BCUT2D eigenvalue weighted by molar-refractivity contribution is 0.586. The van der Waals surface area contributed by atoms with Gasteiger partial charge in [0.1, 0.15) is 0 Å². The molecule has 1 aliphatic rings. The van der Waals surface area contributed by atoms with Crippen molar-refractivity contribution in [2.45, 2.75) is 51.5 Å². The van der Waals surface area contributed by atoms with Gasteiger partial charge in [0.2, 0.25) is 0 Å². The molecule has 1 nitrogen and oxygen atoms in total. The van der Waals surface area contributed by atoms with Gasteiger partial charge in [-0.1, -0.05) is 58.4 Å². The maximum absolute atomic E-state index is 6.38. The van der Waals surface area contributed by atoms with E-state index in [1.165, 1.54) is 17.5 Å². The van der Waals surface area contributed by atoms with Gasteiger partial charge in [0.15, 0.2) is 0 Å². The fraction of sp³-hybridized carbons (Fsp3) is 0.600. The summed E-state index contributed by atoms with van der Waals surface area (Å²) in [5.41, 5.74) is 9.28. The predicted molar refractivity (Wildman–Crippen MR) is 69.4 cm³/mol. The lowest BCUT2D eigenvalue weighted by Gasteiger charge is -2.20. The molecule has 0 spiro atoms. The van der Waals surface area contributed by atoms with Crippen LogP contribution < -0.4 is 5.73 Å². The quantitative estimate of drug-likeness (QED) is 0.805. The number of hydrogen-bond acceptors (Lipinski definition) is 1. The average Bonchev–Trinajstić information content (AvgIpc) is 2.90. The first-order valence-corrected chi connectivity index (χ1v) is 6.28. The third-order valence-electron chi connectivity index (χ3n) is 3.93. The number of nitrogens with two attached hydrogens (primary N) is 1. The molecular weight excluding hydrogens is 194 g/mol. The van der Waals surface area contributed by atoms with E-state index in [1.807, 2.05) is 0 Å². The summed E-state index contributed by atoms with van der Waals surface area (Å²) in [5, 5.41) is 0. The molecule has 0 amide bonds. The van der Waals surface area contributed by atoms with E-state index < -0.39 is 0 Å². The third kappa shape index (κ3) is 1.89. The van der Waals surface area contributed by atoms with E-state index in [1.54, 1.807) is 0 Å². The molecule has 1 saturated carbocycles. The third-order valence-corrected chi connectivity index (χ3v) is 3.93. The van der Waals surface area contributed by atoms with Crippen LogP contribution in [-0.4, -0.2) is 0 Å². The Balaban J connectivity index is 2.21. The van der Waals surface area contributed by atoms with Crippen molar-refractivity contribution in [3.8, 4) is 0 Å². The Morgan fingerprint density at radius 3 is 2.19 bits per heavy atom. The van der Waals surface area contributed by atoms with Gasteiger partial charge in [-0.3, -0.25) is 0 Å². The second-order valence-electron chi connectivity index (χ2n) is 6.18. The van der Waals surface area contributed by atoms with Crippen molar-refractivity contribution in [1.29, 1.82) is 0 Å². The fourth-order valence-electron chi connectivity index (χ4n) is 2.49. The van der Waals surface area contributed by atoms with Crippen LogP contribution in [-0.2, 0) is 11.0 Å². The minimum absolute atomic E-state index is 0.0227. The largest absolute Gasteiger partial charge is 0.321 e. The molecule has 2 unspecified atom stereocenters. The first kappa shape index (κ1) is 11.7. The second kappa shape index (κ2) is 3.59. The molecule has 1 aromatic rings. The molecule has 0 bridgehead atoms. The first-order valence-electron chi connectivity index (χ1n) is 6.28. The van der Waals surface area contributed by atoms with Gasteiger partial charge in [-0.2, -0.15) is 0 Å². The van der Waals surface area contributed by atoms with Crippen LogP contribution in [0.5, 0.6) is 0 Å². The van der Waals surface area contributed by atoms with Gasteiger partial charge < -0.3 is 5.73 Å². The first-order chi connectivity index (χ1) is 7.38. The van der Waals surface area contributed by atoms with Gasteiger partial charge >= 0.3 is 0 Å². The summed E-state index contributed by atoms with van der Waals surface area (Å²) in [6.07, 6.45) is 2.34. The Labute approximate surface area is 99.0 Å². The number of rotatable bonds is 2. The normalized spacial score (nSPS) is 29.2. The molecular formula is C15H23N. The molecule has 0 saturated heterocycles. The molecule has 1 fully saturated rings. The zero-order valence-electron chi connectivity index (χ0n) is 10.9. The lowest BCUT2D eigenvalue weighted by atomic mass is 9.86. The summed E-state index contributed by atoms with van der Waals surface area (Å²) in [7, 11) is 0. The Bertz CT molecular complexity index is 371. The van der Waals surface area contributed by atoms with Gasteiger partial charge in [-0.15, -0.1) is 0 Å². The molecule has 0 radical (unpaired) electrons. The van der Waals surface area contributed by atoms with Gasteiger partial charge in [-0.25, -0.2) is 0 Å². The highest BCUT2D eigenvalue weighted by molar-refractivity contribution is 5.36. The predicted octanol–water partition coefficient (Wildman–Crippen LogP) is 3.57. The Morgan fingerprint density at radius 2 is 1.81 bits per heavy atom. The van der Waals surface area contributed by atoms with Crippen molar-refractivity contribution < 1.29 is 0 Å². The Hall–Kier alpha value is -0.820. The molecule has 2 N–H and O–H groups in total. The van der Waals surface area contributed by atoms with Gasteiger partial charge in [0, 0.05) is 5.54 Å². The zero-order valence-corrected chi connectivity index (χ0v) is 10.9. The van der Waals surface area contributed by atoms with Crippen molar-refractivity contribution in [3.05, 3.63) is 35.4 Å². The molecule has 0 aromatic heterocycles. The molecule has 2 rings (SSSR count). The van der Waals surface area contributed by atoms with Crippen LogP contribution in [0, 0.1) is 5.92 Å². The van der Waals surface area contributed by atoms with Crippen LogP contribution >= 0.6 is 0 Å². The van der Waals surface area contributed by atoms with E-state index in [0.29, 0.717) is 5.92 Å². The van der Waals surface area contributed by atoms with Crippen molar-refractivity contribution in [1.82, 2.24) is 0 Å². The van der Waals surface area contributed by atoms with Gasteiger partial charge in [-0.05, 0) is 28.9 Å². The van der Waals surface area contributed by atoms with Crippen LogP contribution in [0.2, 0.25) is 0 Å². The summed E-state index contributed by atoms with van der Waals surface area (Å²) in [4.78, 5) is 0. The second-order valence-corrected chi connectivity index (χ2v) is 6.18. The summed E-state index contributed by atoms with van der Waals surface area (Å²) in [6, 6.07) is 8.90. The molecule has 1 aromatic carbocycles. The van der Waals surface area contributed by atoms with Crippen molar-refractivity contribution in [3.63, 3.8) is 0 Å². The van der Waals surface area contributed by atoms with E-state index >= 15 is 0 Å². The van der Waals surface area contributed by atoms with E-state index in [2.05, 4.69) is 52.0 Å². The highest BCUT2D eigenvalue weighted by Gasteiger charge is 2.50. The summed E-state index contributed by atoms with van der Waals surface area (Å²) < 4.78 is 0. The topological polar surface area (TPSA) is 26.0 Å². The van der Waals surface area contributed by atoms with Crippen molar-refractivity contribution in [2.75, 3.05) is 0 Å². The summed E-state index contributed by atoms with van der Waals surface area (Å²) in [5.74, 6) is 0.688. The van der Waals surface area contributed by atoms with Crippen LogP contribution in [0.1, 0.15) is 51.7 Å². The standard InChI is InChI=1S/C15H23N/c1-5-11-10-15(11,16)13-8-6-12(7-9-13)14(2,3)4/h6-9,11H,5,10,16H2,1-4H3. The molecule has 2 atom stereocenters. The smallest absolute Gasteiger partial charge is 0.0442 e. The lowest BCUT2D eigenvalue weighted by Crippen LogP contribution is -2.22. The van der Waals surface area contributed by atoms with Crippen LogP contribution in [0.15, 0.2) is 24.3 Å². The molecule has 0 heterocycles. The van der Waals surface area contributed by atoms with Crippen LogP contribution in [0.3, 0.4) is 0 Å². The van der Waals surface area contributed by atoms with E-state index in [0.717, 1.165) is 6.42 Å². The van der Waals surface area contributed by atoms with Gasteiger partial charge in [0.05, 0.1) is 0 Å². The average molecular weight is 217 g/mol. The minimum Gasteiger partial charge on any atom is -0.321 e. The molecule has 1 heteroatoms. The maximum Gasteiger partial charge on any atom is 0.0442 e. The summed E-state index contributed by atoms with van der Waals surface area (Å²) in [6.45, 7) is 8.95. The molecule has 16 heavy (non-hydrogen) atoms. The van der Waals surface area contributed by atoms with Crippen molar-refractivity contribution >= 4 is 0 Å². The summed E-state index contributed by atoms with van der Waals surface area (Å²) >= 11 is 0. The molecule has 1 aliphatic carbocycles. The van der Waals surface area contributed by atoms with Crippen LogP contribution in [0.25, 0.3) is 0 Å². The Morgan fingerprint density at radius 1 is 1.25 bits per heavy atom. The van der Waals surface area contributed by atoms with Gasteiger partial charge in [0.25, 0.3) is 0 Å². The SMILES string of the molecule is CCC1CC1(N)c1ccc(C(C)(C)C)cc1. The zero-order chi connectivity index (χ0) is 12.0. The number of hydrogen-bond donors (Lipinski definition) is 1. The number of benzene rings is 1.